The van der Waals surface area contributed by atoms with Gasteiger partial charge in [0.25, 0.3) is 0 Å². The fraction of sp³-hybridized carbons (Fsp3) is 0.776. The van der Waals surface area contributed by atoms with Crippen LogP contribution in [0.3, 0.4) is 0 Å². The molecule has 0 aromatic heterocycles. The Morgan fingerprint density at radius 1 is 0.629 bits per heavy atom. The summed E-state index contributed by atoms with van der Waals surface area (Å²) in [4.78, 5) is 12.9. The molecule has 1 aliphatic heterocycles. The third-order valence-electron chi connectivity index (χ3n) is 10.7. The lowest BCUT2D eigenvalue weighted by Crippen LogP contribution is -2.60. The van der Waals surface area contributed by atoms with Crippen molar-refractivity contribution in [2.45, 2.75) is 218 Å². The second-order valence-electron chi connectivity index (χ2n) is 16.3. The Bertz CT molecular complexity index is 1310. The van der Waals surface area contributed by atoms with Crippen molar-refractivity contribution in [3.8, 4) is 0 Å². The lowest BCUT2D eigenvalue weighted by molar-refractivity contribution is -0.301. The molecule has 0 spiro atoms. The zero-order valence-electron chi connectivity index (χ0n) is 38.4. The van der Waals surface area contributed by atoms with E-state index in [0.29, 0.717) is 13.0 Å². The molecule has 1 heterocycles. The van der Waals surface area contributed by atoms with Crippen molar-refractivity contribution >= 4 is 16.4 Å². The summed E-state index contributed by atoms with van der Waals surface area (Å²) in [6.07, 6.45) is 41.1. The van der Waals surface area contributed by atoms with E-state index in [1.54, 1.807) is 0 Å². The van der Waals surface area contributed by atoms with E-state index >= 15 is 0 Å². The zero-order chi connectivity index (χ0) is 45.4. The van der Waals surface area contributed by atoms with Crippen molar-refractivity contribution in [1.29, 1.82) is 0 Å². The third-order valence-corrected chi connectivity index (χ3v) is 11.1. The third kappa shape index (κ3) is 33.3. The van der Waals surface area contributed by atoms with Crippen molar-refractivity contribution in [1.82, 2.24) is 0 Å². The largest absolute Gasteiger partial charge is 0.457 e. The summed E-state index contributed by atoms with van der Waals surface area (Å²) in [5.74, 6) is -0.430. The van der Waals surface area contributed by atoms with Gasteiger partial charge >= 0.3 is 16.4 Å². The number of aliphatic hydroxyl groups is 3. The molecule has 1 saturated heterocycles. The molecule has 360 valence electrons. The second-order valence-corrected chi connectivity index (χ2v) is 17.4. The van der Waals surface area contributed by atoms with Gasteiger partial charge in [0, 0.05) is 13.0 Å². The molecule has 1 aliphatic rings. The molecule has 6 unspecified atom stereocenters. The van der Waals surface area contributed by atoms with Gasteiger partial charge in [0.15, 0.2) is 6.29 Å². The molecule has 62 heavy (non-hydrogen) atoms. The summed E-state index contributed by atoms with van der Waals surface area (Å²) in [5.41, 5.74) is 0. The minimum absolute atomic E-state index is 0.0222. The highest BCUT2D eigenvalue weighted by Crippen LogP contribution is 2.26. The average molecular weight is 899 g/mol. The first-order chi connectivity index (χ1) is 30.1. The number of aliphatic hydroxyl groups excluding tert-OH is 3. The average Bonchev–Trinajstić information content (AvgIpc) is 3.24. The highest BCUT2D eigenvalue weighted by atomic mass is 32.3. The van der Waals surface area contributed by atoms with Crippen molar-refractivity contribution in [2.24, 2.45) is 0 Å². The van der Waals surface area contributed by atoms with Crippen LogP contribution in [0.5, 0.6) is 0 Å². The molecule has 0 amide bonds. The smallest absolute Gasteiger partial charge is 0.397 e. The summed E-state index contributed by atoms with van der Waals surface area (Å²) < 4.78 is 59.1. The van der Waals surface area contributed by atoms with Gasteiger partial charge in [-0.2, -0.15) is 8.42 Å². The summed E-state index contributed by atoms with van der Waals surface area (Å²) in [6.45, 7) is 3.84. The fourth-order valence-electron chi connectivity index (χ4n) is 7.05. The number of allylic oxidation sites excluding steroid dienone is 10. The van der Waals surface area contributed by atoms with Crippen molar-refractivity contribution in [3.05, 3.63) is 60.8 Å². The Balaban J connectivity index is 2.43. The number of esters is 1. The van der Waals surface area contributed by atoms with E-state index < -0.39 is 59.8 Å². The van der Waals surface area contributed by atoms with E-state index in [9.17, 15) is 33.1 Å². The number of hydrogen-bond acceptors (Lipinski definition) is 11. The molecule has 0 radical (unpaired) electrons. The Hall–Kier alpha value is -2.20. The van der Waals surface area contributed by atoms with Crippen LogP contribution >= 0.6 is 0 Å². The molecular weight excluding hydrogens is 813 g/mol. The fourth-order valence-corrected chi connectivity index (χ4v) is 7.56. The van der Waals surface area contributed by atoms with Crippen LogP contribution in [0.15, 0.2) is 60.8 Å². The van der Waals surface area contributed by atoms with Crippen LogP contribution in [-0.4, -0.2) is 97.5 Å². The first-order valence-corrected chi connectivity index (χ1v) is 25.4. The molecule has 6 atom stereocenters. The first-order valence-electron chi connectivity index (χ1n) is 24.0. The van der Waals surface area contributed by atoms with Crippen LogP contribution in [0.2, 0.25) is 0 Å². The molecule has 0 aliphatic carbocycles. The minimum Gasteiger partial charge on any atom is -0.457 e. The van der Waals surface area contributed by atoms with Crippen LogP contribution in [0, 0.1) is 0 Å². The summed E-state index contributed by atoms with van der Waals surface area (Å²) in [5, 5.41) is 30.7. The maximum Gasteiger partial charge on any atom is 0.397 e. The molecule has 12 nitrogen and oxygen atoms in total. The molecule has 0 aromatic rings. The van der Waals surface area contributed by atoms with E-state index in [-0.39, 0.29) is 19.6 Å². The van der Waals surface area contributed by atoms with E-state index in [0.717, 1.165) is 70.6 Å². The number of unbranched alkanes of at least 4 members (excludes halogenated alkanes) is 18. The van der Waals surface area contributed by atoms with Crippen molar-refractivity contribution in [3.63, 3.8) is 0 Å². The van der Waals surface area contributed by atoms with E-state index in [4.69, 9.17) is 18.9 Å². The number of carbonyl (C=O) groups excluding carboxylic acids is 1. The molecule has 1 fully saturated rings. The van der Waals surface area contributed by atoms with Gasteiger partial charge in [0.2, 0.25) is 0 Å². The van der Waals surface area contributed by atoms with Crippen LogP contribution in [0.25, 0.3) is 0 Å². The summed E-state index contributed by atoms with van der Waals surface area (Å²) in [7, 11) is -5.07. The van der Waals surface area contributed by atoms with Gasteiger partial charge in [-0.15, -0.1) is 0 Å². The topological polar surface area (TPSA) is 178 Å². The monoisotopic (exact) mass is 899 g/mol. The maximum atomic E-state index is 12.9. The quantitative estimate of drug-likeness (QED) is 0.0198. The standard InChI is InChI=1S/C49H86O12S/c1-3-5-7-9-11-13-15-17-19-21-22-23-24-26-28-30-32-34-36-38-45(51)59-43(42-58-49-47(53)48(61-62(54,55)56)46(52)44(40-50)60-49)41-57-39-37-35-33-31-29-27-25-20-18-16-14-12-10-8-6-4-2/h5,7,11,13,17,19,22-23,26,28,43-44,46-50,52-53H,3-4,6,8-10,12,14-16,18,20-21,24-25,27,29-42H2,1-2H3,(H,54,55,56)/b7-5-,13-11-,19-17-,23-22-,28-26-. The lowest BCUT2D eigenvalue weighted by atomic mass is 9.99. The van der Waals surface area contributed by atoms with Gasteiger partial charge in [0.05, 0.1) is 19.8 Å². The number of hydrogen-bond donors (Lipinski definition) is 4. The highest BCUT2D eigenvalue weighted by molar-refractivity contribution is 7.80. The SMILES string of the molecule is CC/C=C\C/C=C\C/C=C\C/C=C\C/C=C\CCCCCC(=O)OC(COCCCCCCCCCCCCCCCCCC)COC1OC(CO)C(O)C(OS(=O)(=O)O)C1O. The molecule has 4 N–H and O–H groups in total. The van der Waals surface area contributed by atoms with Gasteiger partial charge in [-0.3, -0.25) is 9.35 Å². The zero-order valence-corrected chi connectivity index (χ0v) is 39.2. The molecule has 0 saturated carbocycles. The van der Waals surface area contributed by atoms with Crippen LogP contribution < -0.4 is 0 Å². The normalized spacial score (nSPS) is 20.5. The van der Waals surface area contributed by atoms with E-state index in [1.165, 1.54) is 83.5 Å². The van der Waals surface area contributed by atoms with Crippen LogP contribution in [0.4, 0.5) is 0 Å². The van der Waals surface area contributed by atoms with Crippen LogP contribution in [0.1, 0.15) is 181 Å². The minimum atomic E-state index is -5.07. The van der Waals surface area contributed by atoms with Crippen molar-refractivity contribution < 1.29 is 56.2 Å². The molecule has 0 bridgehead atoms. The van der Waals surface area contributed by atoms with Gasteiger partial charge in [-0.25, -0.2) is 4.18 Å². The number of carbonyl (C=O) groups is 1. The Labute approximate surface area is 376 Å². The maximum absolute atomic E-state index is 12.9. The molecule has 0 aromatic carbocycles. The van der Waals surface area contributed by atoms with Gasteiger partial charge in [-0.1, -0.05) is 177 Å². The van der Waals surface area contributed by atoms with E-state index in [2.05, 4.69) is 78.8 Å². The number of ether oxygens (including phenoxy) is 4. The summed E-state index contributed by atoms with van der Waals surface area (Å²) >= 11 is 0. The predicted molar refractivity (Wildman–Crippen MR) is 248 cm³/mol. The highest BCUT2D eigenvalue weighted by Gasteiger charge is 2.48. The molecular formula is C49H86O12S. The number of rotatable bonds is 41. The van der Waals surface area contributed by atoms with Crippen LogP contribution in [-0.2, 0) is 38.3 Å². The second kappa shape index (κ2) is 40.3. The predicted octanol–water partition coefficient (Wildman–Crippen LogP) is 10.5. The van der Waals surface area contributed by atoms with Gasteiger partial charge in [0.1, 0.15) is 30.5 Å². The van der Waals surface area contributed by atoms with Gasteiger partial charge < -0.3 is 34.3 Å². The molecule has 13 heteroatoms. The van der Waals surface area contributed by atoms with E-state index in [1.807, 2.05) is 0 Å². The van der Waals surface area contributed by atoms with Gasteiger partial charge in [-0.05, 0) is 57.8 Å². The first kappa shape index (κ1) is 57.8. The molecule has 1 rings (SSSR count). The summed E-state index contributed by atoms with van der Waals surface area (Å²) in [6, 6.07) is 0. The lowest BCUT2D eigenvalue weighted by Gasteiger charge is -2.41. The Kier molecular flexibility index (Phi) is 37.6. The Morgan fingerprint density at radius 3 is 1.61 bits per heavy atom. The Morgan fingerprint density at radius 2 is 1.11 bits per heavy atom. The van der Waals surface area contributed by atoms with Crippen molar-refractivity contribution in [2.75, 3.05) is 26.4 Å².